The van der Waals surface area contributed by atoms with Crippen LogP contribution in [0.3, 0.4) is 0 Å². The first-order chi connectivity index (χ1) is 22.6. The number of aryl methyl sites for hydroxylation is 1. The normalized spacial score (nSPS) is 16.2. The van der Waals surface area contributed by atoms with Crippen molar-refractivity contribution in [3.05, 3.63) is 141 Å². The number of aliphatic hydroxyl groups excluding tert-OH is 1. The van der Waals surface area contributed by atoms with Gasteiger partial charge in [0.15, 0.2) is 6.10 Å². The number of benzene rings is 3. The number of hydrogen-bond acceptors (Lipinski definition) is 5. The number of carbonyl (C=O) groups is 1. The zero-order chi connectivity index (χ0) is 32.8. The van der Waals surface area contributed by atoms with E-state index in [1.807, 2.05) is 60.9 Å². The number of aliphatic hydroxyl groups is 1. The summed E-state index contributed by atoms with van der Waals surface area (Å²) in [5.41, 5.74) is 7.51. The van der Waals surface area contributed by atoms with Crippen molar-refractivity contribution in [2.24, 2.45) is 0 Å². The van der Waals surface area contributed by atoms with Gasteiger partial charge in [0.2, 0.25) is 0 Å². The van der Waals surface area contributed by atoms with Gasteiger partial charge in [-0.25, -0.2) is 4.98 Å². The molecule has 0 radical (unpaired) electrons. The highest BCUT2D eigenvalue weighted by Crippen LogP contribution is 2.52. The van der Waals surface area contributed by atoms with Crippen LogP contribution in [0.1, 0.15) is 79.9 Å². The van der Waals surface area contributed by atoms with Gasteiger partial charge in [0.25, 0.3) is 11.5 Å². The van der Waals surface area contributed by atoms with Gasteiger partial charge in [0, 0.05) is 24.5 Å². The quantitative estimate of drug-likeness (QED) is 0.215. The van der Waals surface area contributed by atoms with Crippen molar-refractivity contribution in [3.8, 4) is 22.3 Å². The largest absolute Gasteiger partial charge is 0.378 e. The maximum Gasteiger partial charge on any atom is 0.256 e. The highest BCUT2D eigenvalue weighted by molar-refractivity contribution is 5.83. The number of hydrogen-bond donors (Lipinski definition) is 2. The van der Waals surface area contributed by atoms with E-state index in [1.165, 1.54) is 5.56 Å². The Morgan fingerprint density at radius 2 is 1.62 bits per heavy atom. The topological polar surface area (TPSA) is 99.2 Å². The maximum atomic E-state index is 13.7. The molecule has 0 bridgehead atoms. The molecule has 1 atom stereocenters. The fourth-order valence-corrected chi connectivity index (χ4v) is 6.68. The summed E-state index contributed by atoms with van der Waals surface area (Å²) in [6.45, 7) is 7.08. The van der Waals surface area contributed by atoms with Gasteiger partial charge in [-0.2, -0.15) is 0 Å². The van der Waals surface area contributed by atoms with Crippen LogP contribution in [0.4, 0.5) is 0 Å². The van der Waals surface area contributed by atoms with E-state index >= 15 is 0 Å². The number of aromatic nitrogens is 3. The molecular weight excluding hydrogens is 584 g/mol. The lowest BCUT2D eigenvalue weighted by Crippen LogP contribution is -2.36. The maximum absolute atomic E-state index is 13.7. The third-order valence-electron chi connectivity index (χ3n) is 9.70. The van der Waals surface area contributed by atoms with Crippen LogP contribution in [0.25, 0.3) is 22.3 Å². The molecule has 7 nitrogen and oxygen atoms in total. The molecule has 1 unspecified atom stereocenters. The molecule has 238 valence electrons. The van der Waals surface area contributed by atoms with Gasteiger partial charge >= 0.3 is 0 Å². The van der Waals surface area contributed by atoms with Gasteiger partial charge in [-0.1, -0.05) is 93.6 Å². The van der Waals surface area contributed by atoms with E-state index in [-0.39, 0.29) is 22.9 Å². The first-order valence-corrected chi connectivity index (χ1v) is 16.4. The Labute approximate surface area is 275 Å². The minimum Gasteiger partial charge on any atom is -0.378 e. The predicted molar refractivity (Wildman–Crippen MR) is 184 cm³/mol. The Morgan fingerprint density at radius 3 is 2.36 bits per heavy atom. The lowest BCUT2D eigenvalue weighted by Gasteiger charge is -2.24. The summed E-state index contributed by atoms with van der Waals surface area (Å²) in [7, 11) is 0. The van der Waals surface area contributed by atoms with Gasteiger partial charge in [-0.05, 0) is 76.6 Å². The van der Waals surface area contributed by atoms with Crippen LogP contribution in [-0.2, 0) is 28.6 Å². The van der Waals surface area contributed by atoms with Crippen LogP contribution >= 0.6 is 0 Å². The number of H-pyrrole nitrogens is 1. The third kappa shape index (κ3) is 6.03. The Bertz CT molecular complexity index is 2010. The smallest absolute Gasteiger partial charge is 0.256 e. The second-order valence-electron chi connectivity index (χ2n) is 14.0. The zero-order valence-electron chi connectivity index (χ0n) is 27.2. The van der Waals surface area contributed by atoms with Crippen LogP contribution in [-0.4, -0.2) is 37.4 Å². The lowest BCUT2D eigenvalue weighted by molar-refractivity contribution is -0.141. The Kier molecular flexibility index (Phi) is 7.88. The molecular formula is C40H40N4O3. The number of nitrogens with one attached hydrogen (secondary N) is 1. The number of pyridine rings is 1. The predicted octanol–water partition coefficient (Wildman–Crippen LogP) is 6.88. The van der Waals surface area contributed by atoms with Crippen molar-refractivity contribution in [2.45, 2.75) is 69.9 Å². The average Bonchev–Trinajstić information content (AvgIpc) is 3.93. The first-order valence-electron chi connectivity index (χ1n) is 16.4. The molecule has 5 aromatic rings. The molecule has 2 N–H and O–H groups in total. The summed E-state index contributed by atoms with van der Waals surface area (Å²) in [5.74, 6) is 0.254. The SMILES string of the molecule is CC(C)(C)c1cccc(-c2cccc(C(O)C(=O)N3CCCc4nc(C5(c6cncc(-c7ccccc7)c6)CC5)[nH]c(=O)c4C3)c2)c1. The van der Waals surface area contributed by atoms with E-state index in [4.69, 9.17) is 4.98 Å². The van der Waals surface area contributed by atoms with Crippen molar-refractivity contribution in [3.63, 3.8) is 0 Å². The van der Waals surface area contributed by atoms with Gasteiger partial charge in [-0.3, -0.25) is 14.6 Å². The minimum absolute atomic E-state index is 0.00350. The molecule has 2 aliphatic rings. The van der Waals surface area contributed by atoms with Crippen LogP contribution in [0, 0.1) is 0 Å². The van der Waals surface area contributed by atoms with Gasteiger partial charge in [-0.15, -0.1) is 0 Å². The van der Waals surface area contributed by atoms with Crippen LogP contribution in [0.5, 0.6) is 0 Å². The van der Waals surface area contributed by atoms with E-state index < -0.39 is 12.0 Å². The van der Waals surface area contributed by atoms with Crippen LogP contribution in [0.2, 0.25) is 0 Å². The molecule has 7 heteroatoms. The van der Waals surface area contributed by atoms with Crippen molar-refractivity contribution in [1.29, 1.82) is 0 Å². The summed E-state index contributed by atoms with van der Waals surface area (Å²) in [6.07, 6.45) is 5.40. The second-order valence-corrected chi connectivity index (χ2v) is 14.0. The van der Waals surface area contributed by atoms with Gasteiger partial charge in [0.1, 0.15) is 5.82 Å². The van der Waals surface area contributed by atoms with E-state index in [0.717, 1.165) is 46.4 Å². The second kappa shape index (κ2) is 12.0. The monoisotopic (exact) mass is 624 g/mol. The standard InChI is InChI=1S/C40H40N4O3/c1-39(2,3)31-15-8-13-28(21-31)27-12-7-14-29(20-27)35(45)37(47)44-19-9-16-34-33(25-44)36(46)43-38(42-34)40(17-18-40)32-22-30(23-41-24-32)26-10-5-4-6-11-26/h4-8,10-15,20-24,35,45H,9,16-19,25H2,1-3H3,(H,42,43,46). The highest BCUT2D eigenvalue weighted by atomic mass is 16.3. The number of carbonyl (C=O) groups excluding carboxylic acids is 1. The van der Waals surface area contributed by atoms with Gasteiger partial charge in [0.05, 0.1) is 23.2 Å². The number of rotatable bonds is 6. The number of aromatic amines is 1. The summed E-state index contributed by atoms with van der Waals surface area (Å²) in [6, 6.07) is 28.2. The number of amides is 1. The fraction of sp³-hybridized carbons (Fsp3) is 0.300. The highest BCUT2D eigenvalue weighted by Gasteiger charge is 2.49. The molecule has 1 aliphatic carbocycles. The Hall–Kier alpha value is -4.88. The minimum atomic E-state index is -1.34. The van der Waals surface area contributed by atoms with Crippen LogP contribution < -0.4 is 5.56 Å². The number of nitrogens with zero attached hydrogens (tertiary/aromatic N) is 3. The van der Waals surface area contributed by atoms with E-state index in [2.05, 4.69) is 61.1 Å². The zero-order valence-corrected chi connectivity index (χ0v) is 27.2. The summed E-state index contributed by atoms with van der Waals surface area (Å²) < 4.78 is 0. The molecule has 7 rings (SSSR count). The molecule has 1 fully saturated rings. The summed E-state index contributed by atoms with van der Waals surface area (Å²) in [4.78, 5) is 41.6. The molecule has 1 amide bonds. The van der Waals surface area contributed by atoms with Crippen molar-refractivity contribution in [2.75, 3.05) is 6.54 Å². The van der Waals surface area contributed by atoms with E-state index in [0.29, 0.717) is 36.3 Å². The molecule has 2 aromatic heterocycles. The van der Waals surface area contributed by atoms with E-state index in [1.54, 1.807) is 11.0 Å². The molecule has 3 aromatic carbocycles. The molecule has 3 heterocycles. The number of fused-ring (bicyclic) bond motifs is 1. The molecule has 0 spiro atoms. The molecule has 1 saturated carbocycles. The summed E-state index contributed by atoms with van der Waals surface area (Å²) in [5, 5.41) is 11.3. The lowest BCUT2D eigenvalue weighted by atomic mass is 9.85. The van der Waals surface area contributed by atoms with Crippen LogP contribution in [0.15, 0.2) is 102 Å². The van der Waals surface area contributed by atoms with Crippen molar-refractivity contribution in [1.82, 2.24) is 19.9 Å². The Morgan fingerprint density at radius 1 is 0.894 bits per heavy atom. The Balaban J connectivity index is 1.12. The average molecular weight is 625 g/mol. The molecule has 1 aliphatic heterocycles. The van der Waals surface area contributed by atoms with Gasteiger partial charge < -0.3 is 15.0 Å². The first kappa shape index (κ1) is 30.8. The van der Waals surface area contributed by atoms with Crippen molar-refractivity contribution >= 4 is 5.91 Å². The summed E-state index contributed by atoms with van der Waals surface area (Å²) >= 11 is 0. The van der Waals surface area contributed by atoms with E-state index in [9.17, 15) is 14.7 Å². The fourth-order valence-electron chi connectivity index (χ4n) is 6.68. The van der Waals surface area contributed by atoms with Crippen molar-refractivity contribution < 1.29 is 9.90 Å². The molecule has 47 heavy (non-hydrogen) atoms. The molecule has 0 saturated heterocycles. The third-order valence-corrected chi connectivity index (χ3v) is 9.70.